The van der Waals surface area contributed by atoms with E-state index in [1.807, 2.05) is 26.0 Å². The van der Waals surface area contributed by atoms with Crippen LogP contribution >= 0.6 is 0 Å². The molecule has 0 bridgehead atoms. The maximum absolute atomic E-state index is 13.2. The van der Waals surface area contributed by atoms with Crippen molar-refractivity contribution in [3.63, 3.8) is 0 Å². The Morgan fingerprint density at radius 1 is 1.25 bits per heavy atom. The summed E-state index contributed by atoms with van der Waals surface area (Å²) in [6.07, 6.45) is 3.97. The minimum atomic E-state index is -0.583. The Morgan fingerprint density at radius 3 is 2.81 bits per heavy atom. The molecule has 7 heteroatoms. The number of carbonyl (C=O) groups is 1. The number of amides is 1. The third-order valence-electron chi connectivity index (χ3n) is 7.38. The number of hydrogen-bond acceptors (Lipinski definition) is 5. The van der Waals surface area contributed by atoms with E-state index in [1.165, 1.54) is 0 Å². The third kappa shape index (κ3) is 3.83. The normalized spacial score (nSPS) is 26.7. The number of nitrogens with zero attached hydrogens (tertiary/aromatic N) is 2. The number of aromatic amines is 1. The SMILES string of the molecule is CCc1nc(C)ccc1O[C@@H]1C[C@@H]2CN(C(=O)c3cc4c([nH]c3=O)CCC4)C[C@@H]2C[C@H]1O. The van der Waals surface area contributed by atoms with Crippen molar-refractivity contribution in [3.8, 4) is 5.75 Å². The molecule has 5 rings (SSSR count). The van der Waals surface area contributed by atoms with Gasteiger partial charge in [-0.25, -0.2) is 0 Å². The van der Waals surface area contributed by atoms with Crippen molar-refractivity contribution >= 4 is 5.91 Å². The fourth-order valence-electron chi connectivity index (χ4n) is 5.65. The van der Waals surface area contributed by atoms with Crippen LogP contribution in [0.5, 0.6) is 5.75 Å². The molecule has 2 aromatic heterocycles. The highest BCUT2D eigenvalue weighted by molar-refractivity contribution is 5.94. The number of aryl methyl sites for hydroxylation is 4. The van der Waals surface area contributed by atoms with Gasteiger partial charge in [0.25, 0.3) is 11.5 Å². The number of nitrogens with one attached hydrogen (secondary N) is 1. The van der Waals surface area contributed by atoms with Crippen LogP contribution in [0.3, 0.4) is 0 Å². The molecule has 170 valence electrons. The summed E-state index contributed by atoms with van der Waals surface area (Å²) in [7, 11) is 0. The highest BCUT2D eigenvalue weighted by atomic mass is 16.5. The third-order valence-corrected chi connectivity index (χ3v) is 7.38. The van der Waals surface area contributed by atoms with Crippen LogP contribution in [0, 0.1) is 18.8 Å². The van der Waals surface area contributed by atoms with Gasteiger partial charge in [-0.3, -0.25) is 14.6 Å². The second-order valence-electron chi connectivity index (χ2n) is 9.55. The summed E-state index contributed by atoms with van der Waals surface area (Å²) in [5, 5.41) is 10.8. The van der Waals surface area contributed by atoms with Gasteiger partial charge in [-0.1, -0.05) is 6.92 Å². The number of rotatable bonds is 4. The second kappa shape index (κ2) is 8.35. The lowest BCUT2D eigenvalue weighted by molar-refractivity contribution is -0.0237. The Bertz CT molecular complexity index is 1100. The van der Waals surface area contributed by atoms with E-state index in [1.54, 1.807) is 11.0 Å². The van der Waals surface area contributed by atoms with Crippen LogP contribution in [0.25, 0.3) is 0 Å². The van der Waals surface area contributed by atoms with Gasteiger partial charge in [0.15, 0.2) is 0 Å². The van der Waals surface area contributed by atoms with Crippen molar-refractivity contribution in [2.45, 2.75) is 64.6 Å². The molecule has 2 aliphatic carbocycles. The predicted molar refractivity (Wildman–Crippen MR) is 120 cm³/mol. The topological polar surface area (TPSA) is 95.5 Å². The molecule has 2 fully saturated rings. The number of aliphatic hydroxyl groups excluding tert-OH is 1. The Labute approximate surface area is 187 Å². The highest BCUT2D eigenvalue weighted by Crippen LogP contribution is 2.39. The van der Waals surface area contributed by atoms with Gasteiger partial charge in [-0.05, 0) is 81.0 Å². The standard InChI is InChI=1S/C25H31N3O4/c1-3-19-22(8-7-14(2)26-19)32-23-11-17-13-28(12-16(17)10-21(23)29)25(31)18-9-15-5-4-6-20(15)27-24(18)30/h7-9,16-17,21,23,29H,3-6,10-13H2,1-2H3,(H,27,30)/t16-,17+,21+,23+/m0/s1. The summed E-state index contributed by atoms with van der Waals surface area (Å²) < 4.78 is 6.23. The lowest BCUT2D eigenvalue weighted by Gasteiger charge is -2.35. The molecule has 32 heavy (non-hydrogen) atoms. The van der Waals surface area contributed by atoms with Gasteiger partial charge in [0.2, 0.25) is 0 Å². The van der Waals surface area contributed by atoms with Crippen molar-refractivity contribution < 1.29 is 14.6 Å². The maximum atomic E-state index is 13.2. The fraction of sp³-hybridized carbons (Fsp3) is 0.560. The zero-order chi connectivity index (χ0) is 22.4. The number of hydrogen-bond donors (Lipinski definition) is 2. The first-order valence-corrected chi connectivity index (χ1v) is 11.8. The molecular formula is C25H31N3O4. The molecule has 2 aromatic rings. The molecule has 4 atom stereocenters. The van der Waals surface area contributed by atoms with E-state index in [4.69, 9.17) is 4.74 Å². The molecule has 3 aliphatic rings. The lowest BCUT2D eigenvalue weighted by Crippen LogP contribution is -2.42. The Morgan fingerprint density at radius 2 is 2.03 bits per heavy atom. The van der Waals surface area contributed by atoms with Crippen molar-refractivity contribution in [1.29, 1.82) is 0 Å². The molecule has 0 unspecified atom stereocenters. The zero-order valence-electron chi connectivity index (χ0n) is 18.8. The molecule has 1 saturated heterocycles. The monoisotopic (exact) mass is 437 g/mol. The molecule has 3 heterocycles. The van der Waals surface area contributed by atoms with Crippen LogP contribution in [0.2, 0.25) is 0 Å². The van der Waals surface area contributed by atoms with Gasteiger partial charge < -0.3 is 19.7 Å². The van der Waals surface area contributed by atoms with Gasteiger partial charge in [-0.2, -0.15) is 0 Å². The molecule has 0 aromatic carbocycles. The van der Waals surface area contributed by atoms with Crippen LogP contribution < -0.4 is 10.3 Å². The molecule has 7 nitrogen and oxygen atoms in total. The summed E-state index contributed by atoms with van der Waals surface area (Å²) in [6.45, 7) is 5.18. The van der Waals surface area contributed by atoms with E-state index < -0.39 is 6.10 Å². The zero-order valence-corrected chi connectivity index (χ0v) is 18.8. The highest BCUT2D eigenvalue weighted by Gasteiger charge is 2.44. The summed E-state index contributed by atoms with van der Waals surface area (Å²) >= 11 is 0. The smallest absolute Gasteiger partial charge is 0.261 e. The van der Waals surface area contributed by atoms with Crippen molar-refractivity contribution in [3.05, 3.63) is 56.8 Å². The number of pyridine rings is 2. The average Bonchev–Trinajstić information content (AvgIpc) is 3.40. The fourth-order valence-corrected chi connectivity index (χ4v) is 5.65. The van der Waals surface area contributed by atoms with E-state index in [9.17, 15) is 14.7 Å². The van der Waals surface area contributed by atoms with E-state index in [-0.39, 0.29) is 35.0 Å². The van der Waals surface area contributed by atoms with Crippen LogP contribution in [0.4, 0.5) is 0 Å². The number of fused-ring (bicyclic) bond motifs is 2. The van der Waals surface area contributed by atoms with Crippen molar-refractivity contribution in [2.24, 2.45) is 11.8 Å². The number of aromatic nitrogens is 2. The van der Waals surface area contributed by atoms with Gasteiger partial charge in [0.1, 0.15) is 17.4 Å². The second-order valence-corrected chi connectivity index (χ2v) is 9.55. The minimum Gasteiger partial charge on any atom is -0.486 e. The van der Waals surface area contributed by atoms with Gasteiger partial charge in [-0.15, -0.1) is 0 Å². The average molecular weight is 438 g/mol. The van der Waals surface area contributed by atoms with Crippen LogP contribution in [0.15, 0.2) is 23.0 Å². The first-order chi connectivity index (χ1) is 15.4. The van der Waals surface area contributed by atoms with E-state index in [2.05, 4.69) is 9.97 Å². The number of aliphatic hydroxyl groups is 1. The molecule has 1 amide bonds. The van der Waals surface area contributed by atoms with Crippen LogP contribution in [-0.4, -0.2) is 51.2 Å². The summed E-state index contributed by atoms with van der Waals surface area (Å²) in [4.78, 5) is 35.0. The van der Waals surface area contributed by atoms with Crippen LogP contribution in [-0.2, 0) is 19.3 Å². The van der Waals surface area contributed by atoms with Gasteiger partial charge in [0, 0.05) is 24.5 Å². The predicted octanol–water partition coefficient (Wildman–Crippen LogP) is 2.42. The molecule has 0 spiro atoms. The molecule has 1 aliphatic heterocycles. The number of likely N-dealkylation sites (tertiary alicyclic amines) is 1. The summed E-state index contributed by atoms with van der Waals surface area (Å²) in [5.74, 6) is 1.02. The van der Waals surface area contributed by atoms with Gasteiger partial charge >= 0.3 is 0 Å². The summed E-state index contributed by atoms with van der Waals surface area (Å²) in [6, 6.07) is 5.66. The molecule has 2 N–H and O–H groups in total. The Kier molecular flexibility index (Phi) is 5.53. The quantitative estimate of drug-likeness (QED) is 0.766. The minimum absolute atomic E-state index is 0.196. The number of carbonyl (C=O) groups excluding carboxylic acids is 1. The number of ether oxygens (including phenoxy) is 1. The lowest BCUT2D eigenvalue weighted by atomic mass is 9.78. The van der Waals surface area contributed by atoms with E-state index in [0.717, 1.165) is 54.1 Å². The first-order valence-electron chi connectivity index (χ1n) is 11.8. The van der Waals surface area contributed by atoms with Crippen molar-refractivity contribution in [2.75, 3.05) is 13.1 Å². The molecular weight excluding hydrogens is 406 g/mol. The van der Waals surface area contributed by atoms with E-state index in [0.29, 0.717) is 25.9 Å². The van der Waals surface area contributed by atoms with Crippen LogP contribution in [0.1, 0.15) is 59.2 Å². The molecule has 1 saturated carbocycles. The van der Waals surface area contributed by atoms with Crippen molar-refractivity contribution in [1.82, 2.24) is 14.9 Å². The van der Waals surface area contributed by atoms with E-state index >= 15 is 0 Å². The number of H-pyrrole nitrogens is 1. The molecule has 0 radical (unpaired) electrons. The van der Waals surface area contributed by atoms with Gasteiger partial charge in [0.05, 0.1) is 11.8 Å². The summed E-state index contributed by atoms with van der Waals surface area (Å²) in [5.41, 5.74) is 3.87. The Hall–Kier alpha value is -2.67. The first kappa shape index (κ1) is 21.2. The maximum Gasteiger partial charge on any atom is 0.261 e. The largest absolute Gasteiger partial charge is 0.486 e. The Balaban J connectivity index is 1.29.